The van der Waals surface area contributed by atoms with Gasteiger partial charge in [0.05, 0.1) is 6.04 Å². The highest BCUT2D eigenvalue weighted by Gasteiger charge is 2.40. The smallest absolute Gasteiger partial charge is 0.312 e. The van der Waals surface area contributed by atoms with Crippen molar-refractivity contribution in [1.82, 2.24) is 15.1 Å². The zero-order valence-electron chi connectivity index (χ0n) is 11.3. The Morgan fingerprint density at radius 3 is 2.95 bits per heavy atom. The van der Waals surface area contributed by atoms with Crippen LogP contribution in [0, 0.1) is 5.82 Å². The molecular formula is C14H15ClFN3O2. The van der Waals surface area contributed by atoms with E-state index in [0.717, 1.165) is 0 Å². The number of hydrogen-bond acceptors (Lipinski definition) is 3. The van der Waals surface area contributed by atoms with Gasteiger partial charge in [0.2, 0.25) is 0 Å². The van der Waals surface area contributed by atoms with E-state index in [2.05, 4.69) is 5.32 Å². The van der Waals surface area contributed by atoms with Crippen LogP contribution in [-0.2, 0) is 16.1 Å². The first-order chi connectivity index (χ1) is 10.1. The van der Waals surface area contributed by atoms with Gasteiger partial charge < -0.3 is 15.1 Å². The Kier molecular flexibility index (Phi) is 3.82. The summed E-state index contributed by atoms with van der Waals surface area (Å²) < 4.78 is 13.8. The zero-order chi connectivity index (χ0) is 15.0. The predicted octanol–water partition coefficient (Wildman–Crippen LogP) is 0.622. The van der Waals surface area contributed by atoms with Crippen molar-refractivity contribution in [2.45, 2.75) is 12.6 Å². The summed E-state index contributed by atoms with van der Waals surface area (Å²) >= 11 is 5.85. The third kappa shape index (κ3) is 2.73. The van der Waals surface area contributed by atoms with Crippen LogP contribution in [0.1, 0.15) is 5.56 Å². The van der Waals surface area contributed by atoms with E-state index < -0.39 is 17.6 Å². The number of benzene rings is 1. The summed E-state index contributed by atoms with van der Waals surface area (Å²) in [7, 11) is 0. The quantitative estimate of drug-likeness (QED) is 0.815. The molecule has 0 radical (unpaired) electrons. The van der Waals surface area contributed by atoms with Crippen LogP contribution in [0.4, 0.5) is 4.39 Å². The fraction of sp³-hybridized carbons (Fsp3) is 0.429. The van der Waals surface area contributed by atoms with Gasteiger partial charge in [0.25, 0.3) is 0 Å². The van der Waals surface area contributed by atoms with Crippen LogP contribution in [0.2, 0.25) is 5.02 Å². The Labute approximate surface area is 126 Å². The predicted molar refractivity (Wildman–Crippen MR) is 75.2 cm³/mol. The average Bonchev–Trinajstić information content (AvgIpc) is 2.48. The van der Waals surface area contributed by atoms with Crippen molar-refractivity contribution in [3.63, 3.8) is 0 Å². The summed E-state index contributed by atoms with van der Waals surface area (Å²) in [4.78, 5) is 27.2. The number of piperazine rings is 2. The molecule has 21 heavy (non-hydrogen) atoms. The molecule has 0 aliphatic carbocycles. The topological polar surface area (TPSA) is 52.7 Å². The van der Waals surface area contributed by atoms with Crippen molar-refractivity contribution in [3.05, 3.63) is 34.6 Å². The molecule has 112 valence electrons. The van der Waals surface area contributed by atoms with Gasteiger partial charge in [0.1, 0.15) is 5.82 Å². The van der Waals surface area contributed by atoms with Gasteiger partial charge in [-0.15, -0.1) is 0 Å². The molecule has 1 aromatic rings. The fourth-order valence-corrected chi connectivity index (χ4v) is 2.99. The van der Waals surface area contributed by atoms with Crippen molar-refractivity contribution >= 4 is 23.4 Å². The summed E-state index contributed by atoms with van der Waals surface area (Å²) in [5, 5.41) is 3.60. The van der Waals surface area contributed by atoms with E-state index >= 15 is 0 Å². The van der Waals surface area contributed by atoms with Crippen LogP contribution in [0.15, 0.2) is 18.2 Å². The number of halogens is 2. The molecule has 2 fully saturated rings. The van der Waals surface area contributed by atoms with E-state index in [1.807, 2.05) is 0 Å². The van der Waals surface area contributed by atoms with Crippen LogP contribution in [0.3, 0.4) is 0 Å². The van der Waals surface area contributed by atoms with Gasteiger partial charge >= 0.3 is 11.8 Å². The largest absolute Gasteiger partial charge is 0.328 e. The highest BCUT2D eigenvalue weighted by molar-refractivity contribution is 6.35. The van der Waals surface area contributed by atoms with Crippen molar-refractivity contribution in [2.24, 2.45) is 0 Å². The molecule has 5 nitrogen and oxygen atoms in total. The minimum Gasteiger partial charge on any atom is -0.328 e. The summed E-state index contributed by atoms with van der Waals surface area (Å²) in [5.74, 6) is -1.51. The molecule has 2 aliphatic heterocycles. The van der Waals surface area contributed by atoms with Crippen molar-refractivity contribution < 1.29 is 14.0 Å². The lowest BCUT2D eigenvalue weighted by molar-refractivity contribution is -0.160. The highest BCUT2D eigenvalue weighted by Crippen LogP contribution is 2.20. The van der Waals surface area contributed by atoms with Gasteiger partial charge in [-0.2, -0.15) is 0 Å². The third-order valence-corrected chi connectivity index (χ3v) is 4.12. The maximum Gasteiger partial charge on any atom is 0.312 e. The SMILES string of the molecule is O=C1C(=O)N2CCNCC2CN1Cc1cc(Cl)ccc1F. The van der Waals surface area contributed by atoms with Gasteiger partial charge in [0, 0.05) is 43.3 Å². The second-order valence-corrected chi connectivity index (χ2v) is 5.71. The van der Waals surface area contributed by atoms with Crippen molar-refractivity contribution in [1.29, 1.82) is 0 Å². The molecule has 0 spiro atoms. The van der Waals surface area contributed by atoms with E-state index in [1.54, 1.807) is 4.90 Å². The molecule has 1 atom stereocenters. The Morgan fingerprint density at radius 1 is 1.33 bits per heavy atom. The number of hydrogen-bond donors (Lipinski definition) is 1. The normalized spacial score (nSPS) is 22.5. The molecule has 0 aromatic heterocycles. The number of nitrogens with zero attached hydrogens (tertiary/aromatic N) is 2. The van der Waals surface area contributed by atoms with Crippen molar-refractivity contribution in [2.75, 3.05) is 26.2 Å². The summed E-state index contributed by atoms with van der Waals surface area (Å²) in [6.45, 7) is 2.34. The van der Waals surface area contributed by atoms with E-state index in [9.17, 15) is 14.0 Å². The second kappa shape index (κ2) is 5.61. The van der Waals surface area contributed by atoms with Crippen LogP contribution in [0.25, 0.3) is 0 Å². The molecule has 1 aromatic carbocycles. The van der Waals surface area contributed by atoms with E-state index in [-0.39, 0.29) is 12.6 Å². The lowest BCUT2D eigenvalue weighted by atomic mass is 10.1. The Hall–Kier alpha value is -1.66. The molecular weight excluding hydrogens is 297 g/mol. The maximum absolute atomic E-state index is 13.8. The molecule has 2 saturated heterocycles. The van der Waals surface area contributed by atoms with Gasteiger partial charge in [-0.05, 0) is 18.2 Å². The van der Waals surface area contributed by atoms with E-state index in [4.69, 9.17) is 11.6 Å². The molecule has 1 N–H and O–H groups in total. The summed E-state index contributed by atoms with van der Waals surface area (Å²) in [6, 6.07) is 4.16. The van der Waals surface area contributed by atoms with Gasteiger partial charge in [-0.3, -0.25) is 9.59 Å². The number of carbonyl (C=O) groups excluding carboxylic acids is 2. The average molecular weight is 312 g/mol. The van der Waals surface area contributed by atoms with Crippen molar-refractivity contribution in [3.8, 4) is 0 Å². The maximum atomic E-state index is 13.8. The zero-order valence-corrected chi connectivity index (χ0v) is 12.1. The summed E-state index contributed by atoms with van der Waals surface area (Å²) in [6.07, 6.45) is 0. The lowest BCUT2D eigenvalue weighted by Crippen LogP contribution is -2.65. The van der Waals surface area contributed by atoms with Crippen LogP contribution in [0.5, 0.6) is 0 Å². The molecule has 3 rings (SSSR count). The third-order valence-electron chi connectivity index (χ3n) is 3.88. The first-order valence-electron chi connectivity index (χ1n) is 6.81. The van der Waals surface area contributed by atoms with Gasteiger partial charge in [-0.25, -0.2) is 4.39 Å². The Bertz CT molecular complexity index is 596. The first kappa shape index (κ1) is 14.3. The van der Waals surface area contributed by atoms with Gasteiger partial charge in [0.15, 0.2) is 0 Å². The monoisotopic (exact) mass is 311 g/mol. The highest BCUT2D eigenvalue weighted by atomic mass is 35.5. The molecule has 2 heterocycles. The number of amides is 2. The number of nitrogens with one attached hydrogen (secondary N) is 1. The van der Waals surface area contributed by atoms with Crippen LogP contribution >= 0.6 is 11.6 Å². The molecule has 7 heteroatoms. The van der Waals surface area contributed by atoms with E-state index in [1.165, 1.54) is 23.1 Å². The Morgan fingerprint density at radius 2 is 2.14 bits per heavy atom. The van der Waals surface area contributed by atoms with Crippen LogP contribution < -0.4 is 5.32 Å². The molecule has 1 unspecified atom stereocenters. The number of carbonyl (C=O) groups is 2. The molecule has 2 amide bonds. The molecule has 0 bridgehead atoms. The molecule has 2 aliphatic rings. The summed E-state index contributed by atoms with van der Waals surface area (Å²) in [5.41, 5.74) is 0.320. The fourth-order valence-electron chi connectivity index (χ4n) is 2.79. The van der Waals surface area contributed by atoms with E-state index in [0.29, 0.717) is 36.8 Å². The molecule has 0 saturated carbocycles. The Balaban J connectivity index is 1.80. The second-order valence-electron chi connectivity index (χ2n) is 5.28. The minimum atomic E-state index is -0.576. The first-order valence-corrected chi connectivity index (χ1v) is 7.18. The minimum absolute atomic E-state index is 0.0498. The lowest BCUT2D eigenvalue weighted by Gasteiger charge is -2.43. The number of fused-ring (bicyclic) bond motifs is 1. The van der Waals surface area contributed by atoms with Crippen LogP contribution in [-0.4, -0.2) is 53.8 Å². The standard InChI is InChI=1S/C14H15ClFN3O2/c15-10-1-2-12(16)9(5-10)7-18-8-11-6-17-3-4-19(11)14(21)13(18)20/h1-2,5,11,17H,3-4,6-8H2. The van der Waals surface area contributed by atoms with Gasteiger partial charge in [-0.1, -0.05) is 11.6 Å². The number of rotatable bonds is 2.